The highest BCUT2D eigenvalue weighted by Crippen LogP contribution is 2.43. The van der Waals surface area contributed by atoms with E-state index in [1.807, 2.05) is 0 Å². The third-order valence-corrected chi connectivity index (χ3v) is 6.88. The largest absolute Gasteiger partial charge is 0.453 e. The minimum atomic E-state index is -4.89. The first kappa shape index (κ1) is 29.2. The number of fused-ring (bicyclic) bond motifs is 1. The normalized spacial score (nSPS) is 14.0. The van der Waals surface area contributed by atoms with Crippen LogP contribution in [0.4, 0.5) is 33.5 Å². The molecule has 1 amide bonds. The Morgan fingerprint density at radius 3 is 2.60 bits per heavy atom. The Morgan fingerprint density at radius 2 is 1.88 bits per heavy atom. The van der Waals surface area contributed by atoms with Crippen molar-refractivity contribution in [1.82, 2.24) is 9.78 Å². The van der Waals surface area contributed by atoms with E-state index in [9.17, 15) is 26.7 Å². The molecule has 1 fully saturated rings. The molecule has 3 N–H and O–H groups in total. The number of alkyl halides is 3. The molecular weight excluding hydrogens is 583 g/mol. The van der Waals surface area contributed by atoms with Gasteiger partial charge in [-0.25, -0.2) is 8.78 Å². The Balaban J connectivity index is 1.67. The summed E-state index contributed by atoms with van der Waals surface area (Å²) in [6, 6.07) is 6.27. The van der Waals surface area contributed by atoms with Gasteiger partial charge in [-0.3, -0.25) is 9.48 Å². The number of hydrogen-bond acceptors (Lipinski definition) is 5. The van der Waals surface area contributed by atoms with Crippen molar-refractivity contribution in [2.24, 2.45) is 13.0 Å². The minimum Gasteiger partial charge on any atom is -0.453 e. The summed E-state index contributed by atoms with van der Waals surface area (Å²) in [6.07, 6.45) is -3.46. The van der Waals surface area contributed by atoms with Crippen LogP contribution in [0, 0.1) is 29.4 Å². The van der Waals surface area contributed by atoms with Crippen molar-refractivity contribution in [3.8, 4) is 23.3 Å². The number of hydrogen-bond donors (Lipinski definition) is 2. The average molecular weight is 605 g/mol. The first-order chi connectivity index (χ1) is 19.9. The second kappa shape index (κ2) is 11.5. The van der Waals surface area contributed by atoms with Crippen LogP contribution >= 0.6 is 11.6 Å². The molecular formula is C29H22ClF5N4O3. The molecule has 0 radical (unpaired) electrons. The van der Waals surface area contributed by atoms with E-state index >= 15 is 0 Å². The molecule has 2 heterocycles. The fourth-order valence-corrected chi connectivity index (χ4v) is 4.71. The molecule has 13 heteroatoms. The highest BCUT2D eigenvalue weighted by Gasteiger charge is 2.32. The Hall–Kier alpha value is -4.34. The second-order valence-electron chi connectivity index (χ2n) is 9.55. The van der Waals surface area contributed by atoms with E-state index in [1.165, 1.54) is 16.8 Å². The number of rotatable bonds is 4. The molecule has 1 saturated heterocycles. The number of amides is 1. The Bertz CT molecular complexity index is 1750. The van der Waals surface area contributed by atoms with E-state index in [4.69, 9.17) is 26.8 Å². The number of aryl methyl sites for hydroxylation is 1. The summed E-state index contributed by atoms with van der Waals surface area (Å²) in [7, 11) is 1.61. The van der Waals surface area contributed by atoms with Crippen molar-refractivity contribution < 1.29 is 36.2 Å². The van der Waals surface area contributed by atoms with Crippen molar-refractivity contribution >= 4 is 39.9 Å². The number of carbonyl (C=O) groups is 1. The van der Waals surface area contributed by atoms with Gasteiger partial charge in [0.15, 0.2) is 11.6 Å². The number of carbonyl (C=O) groups excluding carboxylic acids is 1. The summed E-state index contributed by atoms with van der Waals surface area (Å²) < 4.78 is 81.0. The fourth-order valence-electron chi connectivity index (χ4n) is 4.55. The van der Waals surface area contributed by atoms with Gasteiger partial charge in [0.2, 0.25) is 0 Å². The number of nitrogens with zero attached hydrogens (tertiary/aromatic N) is 2. The molecule has 7 nitrogen and oxygen atoms in total. The zero-order valence-corrected chi connectivity index (χ0v) is 22.7. The van der Waals surface area contributed by atoms with Crippen LogP contribution in [0.3, 0.4) is 0 Å². The number of nitrogen functional groups attached to an aromatic ring is 1. The van der Waals surface area contributed by atoms with Gasteiger partial charge in [0.1, 0.15) is 17.4 Å². The van der Waals surface area contributed by atoms with Crippen molar-refractivity contribution in [3.63, 3.8) is 0 Å². The van der Waals surface area contributed by atoms with Gasteiger partial charge < -0.3 is 20.5 Å². The van der Waals surface area contributed by atoms with Gasteiger partial charge in [-0.15, -0.1) is 0 Å². The maximum Gasteiger partial charge on any atom is 0.416 e. The van der Waals surface area contributed by atoms with Gasteiger partial charge in [0.25, 0.3) is 5.91 Å². The van der Waals surface area contributed by atoms with Gasteiger partial charge in [-0.05, 0) is 49.2 Å². The Morgan fingerprint density at radius 1 is 1.14 bits per heavy atom. The SMILES string of the molecule is Cn1nc(N)c2c(Oc3cc(F)ccc3Cl)c(NC(=O)c3cc(F)cc(C(F)(F)F)c3)cc(C#CC3CCOCC3)c21. The number of nitrogens with two attached hydrogens (primary N) is 1. The van der Waals surface area contributed by atoms with Crippen LogP contribution in [0.15, 0.2) is 42.5 Å². The van der Waals surface area contributed by atoms with E-state index in [-0.39, 0.29) is 45.4 Å². The number of nitrogens with one attached hydrogen (secondary N) is 1. The summed E-state index contributed by atoms with van der Waals surface area (Å²) in [5.74, 6) is 3.00. The van der Waals surface area contributed by atoms with Crippen LogP contribution in [-0.4, -0.2) is 28.9 Å². The second-order valence-corrected chi connectivity index (χ2v) is 9.95. The van der Waals surface area contributed by atoms with Crippen LogP contribution < -0.4 is 15.8 Å². The standard InChI is InChI=1S/C29H22ClF5N4O3/c1-39-25-16(3-2-15-6-8-41-9-7-15)12-22(37-28(40)17-10-18(29(33,34)35)13-20(32)11-17)26(24(25)27(36)38-39)42-23-14-19(31)4-5-21(23)30/h4-5,10-15H,6-9H2,1H3,(H2,36,38)(H,37,40). The number of halogens is 6. The van der Waals surface area contributed by atoms with Crippen molar-refractivity contribution in [3.05, 3.63) is 75.8 Å². The minimum absolute atomic E-state index is 0.0209. The zero-order valence-electron chi connectivity index (χ0n) is 21.9. The smallest absolute Gasteiger partial charge is 0.416 e. The summed E-state index contributed by atoms with van der Waals surface area (Å²) >= 11 is 6.23. The van der Waals surface area contributed by atoms with Crippen LogP contribution in [0.2, 0.25) is 5.02 Å². The number of anilines is 2. The fraction of sp³-hybridized carbons (Fsp3) is 0.241. The van der Waals surface area contributed by atoms with E-state index in [0.717, 1.165) is 12.1 Å². The van der Waals surface area contributed by atoms with Crippen LogP contribution in [0.1, 0.15) is 34.3 Å². The quantitative estimate of drug-likeness (QED) is 0.195. The number of benzene rings is 3. The molecule has 42 heavy (non-hydrogen) atoms. The van der Waals surface area contributed by atoms with Crippen molar-refractivity contribution in [2.45, 2.75) is 19.0 Å². The molecule has 0 aliphatic carbocycles. The van der Waals surface area contributed by atoms with Gasteiger partial charge >= 0.3 is 6.18 Å². The monoisotopic (exact) mass is 604 g/mol. The van der Waals surface area contributed by atoms with Gasteiger partial charge in [-0.2, -0.15) is 18.3 Å². The predicted molar refractivity (Wildman–Crippen MR) is 146 cm³/mol. The summed E-state index contributed by atoms with van der Waals surface area (Å²) in [5, 5.41) is 6.93. The Kier molecular flexibility index (Phi) is 7.99. The molecule has 0 spiro atoms. The molecule has 0 unspecified atom stereocenters. The lowest BCUT2D eigenvalue weighted by Crippen LogP contribution is -2.15. The number of ether oxygens (including phenoxy) is 2. The molecule has 1 aliphatic heterocycles. The van der Waals surface area contributed by atoms with Gasteiger partial charge in [-0.1, -0.05) is 23.4 Å². The zero-order chi connectivity index (χ0) is 30.2. The average Bonchev–Trinajstić information content (AvgIpc) is 3.24. The molecule has 0 atom stereocenters. The topological polar surface area (TPSA) is 91.4 Å². The predicted octanol–water partition coefficient (Wildman–Crippen LogP) is 6.93. The van der Waals surface area contributed by atoms with Crippen LogP contribution in [-0.2, 0) is 18.0 Å². The van der Waals surface area contributed by atoms with E-state index in [1.54, 1.807) is 7.05 Å². The lowest BCUT2D eigenvalue weighted by atomic mass is 10.00. The lowest BCUT2D eigenvalue weighted by Gasteiger charge is -2.17. The summed E-state index contributed by atoms with van der Waals surface area (Å²) in [6.45, 7) is 1.12. The maximum atomic E-state index is 14.1. The molecule has 218 valence electrons. The highest BCUT2D eigenvalue weighted by atomic mass is 35.5. The van der Waals surface area contributed by atoms with Crippen molar-refractivity contribution in [2.75, 3.05) is 24.3 Å². The molecule has 0 bridgehead atoms. The molecule has 1 aliphatic rings. The van der Waals surface area contributed by atoms with Crippen LogP contribution in [0.25, 0.3) is 10.9 Å². The van der Waals surface area contributed by atoms with E-state index in [2.05, 4.69) is 22.3 Å². The Labute approximate surface area is 241 Å². The first-order valence-corrected chi connectivity index (χ1v) is 13.0. The lowest BCUT2D eigenvalue weighted by molar-refractivity contribution is -0.137. The van der Waals surface area contributed by atoms with E-state index in [0.29, 0.717) is 49.3 Å². The van der Waals surface area contributed by atoms with E-state index < -0.39 is 34.8 Å². The molecule has 5 rings (SSSR count). The molecule has 3 aromatic carbocycles. The summed E-state index contributed by atoms with van der Waals surface area (Å²) in [5.41, 5.74) is 4.97. The third-order valence-electron chi connectivity index (χ3n) is 6.56. The van der Waals surface area contributed by atoms with Crippen molar-refractivity contribution in [1.29, 1.82) is 0 Å². The third kappa shape index (κ3) is 6.12. The molecule has 0 saturated carbocycles. The summed E-state index contributed by atoms with van der Waals surface area (Å²) in [4.78, 5) is 13.2. The highest BCUT2D eigenvalue weighted by molar-refractivity contribution is 6.32. The first-order valence-electron chi connectivity index (χ1n) is 12.6. The number of aromatic nitrogens is 2. The molecule has 1 aromatic heterocycles. The van der Waals surface area contributed by atoms with Gasteiger partial charge in [0.05, 0.1) is 32.7 Å². The van der Waals surface area contributed by atoms with Gasteiger partial charge in [0, 0.05) is 37.8 Å². The molecule has 4 aromatic rings. The van der Waals surface area contributed by atoms with Crippen LogP contribution in [0.5, 0.6) is 11.5 Å². The maximum absolute atomic E-state index is 14.1.